The van der Waals surface area contributed by atoms with Gasteiger partial charge < -0.3 is 14.4 Å². The van der Waals surface area contributed by atoms with Crippen molar-refractivity contribution < 1.29 is 19.1 Å². The third-order valence-corrected chi connectivity index (χ3v) is 5.17. The largest absolute Gasteiger partial charge is 0.465 e. The molecule has 1 aromatic carbocycles. The van der Waals surface area contributed by atoms with Gasteiger partial charge in [0, 0.05) is 5.69 Å². The van der Waals surface area contributed by atoms with Crippen LogP contribution in [0, 0.1) is 18.8 Å². The zero-order chi connectivity index (χ0) is 16.9. The van der Waals surface area contributed by atoms with Gasteiger partial charge in [-0.1, -0.05) is 36.8 Å². The van der Waals surface area contributed by atoms with E-state index in [-0.39, 0.29) is 18.0 Å². The van der Waals surface area contributed by atoms with E-state index in [9.17, 15) is 9.59 Å². The monoisotopic (exact) mass is 327 g/mol. The minimum absolute atomic E-state index is 0.0517. The lowest BCUT2D eigenvalue weighted by Gasteiger charge is -2.22. The first-order chi connectivity index (χ1) is 11.6. The summed E-state index contributed by atoms with van der Waals surface area (Å²) in [6, 6.07) is 7.84. The van der Waals surface area contributed by atoms with Crippen molar-refractivity contribution in [2.75, 3.05) is 18.1 Å². The van der Waals surface area contributed by atoms with Gasteiger partial charge in [0.25, 0.3) is 0 Å². The minimum Gasteiger partial charge on any atom is -0.465 e. The van der Waals surface area contributed by atoms with Gasteiger partial charge in [-0.3, -0.25) is 9.59 Å². The summed E-state index contributed by atoms with van der Waals surface area (Å²) in [5.41, 5.74) is 1.29. The number of nitrogens with zero attached hydrogens (tertiary/aromatic N) is 1. The first-order valence-corrected chi connectivity index (χ1v) is 8.47. The fourth-order valence-electron chi connectivity index (χ4n) is 4.01. The normalized spacial score (nSPS) is 33.2. The number of rotatable bonds is 4. The number of carbonyl (C=O) groups excluding carboxylic acids is 2. The van der Waals surface area contributed by atoms with E-state index in [2.05, 4.69) is 0 Å². The Hall–Kier alpha value is -2.14. The number of ether oxygens (including phenoxy) is 2. The Kier molecular flexibility index (Phi) is 3.49. The first-order valence-electron chi connectivity index (χ1n) is 8.47. The van der Waals surface area contributed by atoms with Crippen LogP contribution < -0.4 is 4.90 Å². The number of aryl methyl sites for hydroxylation is 1. The van der Waals surface area contributed by atoms with Crippen LogP contribution in [0.15, 0.2) is 36.4 Å². The Morgan fingerprint density at radius 3 is 2.83 bits per heavy atom. The van der Waals surface area contributed by atoms with E-state index in [0.717, 1.165) is 17.7 Å². The lowest BCUT2D eigenvalue weighted by atomic mass is 9.77. The van der Waals surface area contributed by atoms with Crippen LogP contribution in [-0.4, -0.2) is 36.7 Å². The van der Waals surface area contributed by atoms with Crippen molar-refractivity contribution in [3.8, 4) is 0 Å². The van der Waals surface area contributed by atoms with Crippen LogP contribution >= 0.6 is 0 Å². The molecule has 1 aromatic rings. The molecule has 0 radical (unpaired) electrons. The molecule has 5 heteroatoms. The van der Waals surface area contributed by atoms with Crippen LogP contribution in [0.4, 0.5) is 5.69 Å². The second-order valence-electron chi connectivity index (χ2n) is 6.83. The number of hydrogen-bond acceptors (Lipinski definition) is 4. The maximum atomic E-state index is 13.0. The van der Waals surface area contributed by atoms with Crippen molar-refractivity contribution in [3.05, 3.63) is 42.0 Å². The molecule has 5 nitrogen and oxygen atoms in total. The maximum Gasteiger partial charge on any atom is 0.312 e. The molecule has 1 amide bonds. The van der Waals surface area contributed by atoms with Gasteiger partial charge in [0.1, 0.15) is 11.5 Å². The molecule has 2 bridgehead atoms. The van der Waals surface area contributed by atoms with E-state index >= 15 is 0 Å². The fraction of sp³-hybridized carbons (Fsp3) is 0.474. The lowest BCUT2D eigenvalue weighted by Crippen LogP contribution is -2.40. The molecule has 4 rings (SSSR count). The molecule has 24 heavy (non-hydrogen) atoms. The van der Waals surface area contributed by atoms with Gasteiger partial charge >= 0.3 is 5.97 Å². The highest BCUT2D eigenvalue weighted by atomic mass is 16.6. The van der Waals surface area contributed by atoms with E-state index in [1.165, 1.54) is 0 Å². The van der Waals surface area contributed by atoms with E-state index in [4.69, 9.17) is 9.47 Å². The summed E-state index contributed by atoms with van der Waals surface area (Å²) in [7, 11) is 0. The van der Waals surface area contributed by atoms with Crippen LogP contribution in [-0.2, 0) is 19.1 Å². The average Bonchev–Trinajstić information content (AvgIpc) is 3.22. The molecule has 3 aliphatic rings. The Morgan fingerprint density at radius 1 is 1.38 bits per heavy atom. The van der Waals surface area contributed by atoms with Gasteiger partial charge in [0.15, 0.2) is 0 Å². The number of anilines is 1. The summed E-state index contributed by atoms with van der Waals surface area (Å²) in [5.74, 6) is -1.40. The molecule has 0 aliphatic carbocycles. The van der Waals surface area contributed by atoms with E-state index < -0.39 is 17.4 Å². The second kappa shape index (κ2) is 5.45. The van der Waals surface area contributed by atoms with Crippen LogP contribution in [0.25, 0.3) is 0 Å². The van der Waals surface area contributed by atoms with Gasteiger partial charge in [-0.25, -0.2) is 0 Å². The van der Waals surface area contributed by atoms with Crippen molar-refractivity contribution in [1.82, 2.24) is 0 Å². The van der Waals surface area contributed by atoms with E-state index in [1.807, 2.05) is 50.3 Å². The summed E-state index contributed by atoms with van der Waals surface area (Å²) < 4.78 is 11.4. The second-order valence-corrected chi connectivity index (χ2v) is 6.83. The highest BCUT2D eigenvalue weighted by molar-refractivity contribution is 6.02. The molecule has 2 saturated heterocycles. The van der Waals surface area contributed by atoms with Gasteiger partial charge in [0.2, 0.25) is 5.91 Å². The number of amides is 1. The minimum atomic E-state index is -0.692. The van der Waals surface area contributed by atoms with Gasteiger partial charge in [-0.2, -0.15) is 0 Å². The zero-order valence-corrected chi connectivity index (χ0v) is 13.9. The Bertz CT molecular complexity index is 711. The molecule has 4 atom stereocenters. The number of hydrogen-bond donors (Lipinski definition) is 0. The highest BCUT2D eigenvalue weighted by Gasteiger charge is 2.67. The third-order valence-electron chi connectivity index (χ3n) is 5.17. The Balaban J connectivity index is 1.64. The van der Waals surface area contributed by atoms with Crippen LogP contribution in [0.3, 0.4) is 0 Å². The molecule has 1 unspecified atom stereocenters. The van der Waals surface area contributed by atoms with Crippen molar-refractivity contribution in [3.63, 3.8) is 0 Å². The first kappa shape index (κ1) is 15.4. The van der Waals surface area contributed by atoms with Crippen molar-refractivity contribution in [2.24, 2.45) is 11.8 Å². The van der Waals surface area contributed by atoms with Crippen LogP contribution in [0.2, 0.25) is 0 Å². The number of carbonyl (C=O) groups is 2. The maximum absolute atomic E-state index is 13.0. The molecule has 0 saturated carbocycles. The standard InChI is InChI=1S/C19H21NO4/c1-3-10-23-18(22)15-14-8-9-19(24-14)11-20(17(21)16(15)19)13-6-4-12(2)5-7-13/h4-9,14-16H,3,10-11H2,1-2H3/t14-,15?,16+,19-/m1/s1. The molecule has 3 aliphatic heterocycles. The molecular formula is C19H21NO4. The third kappa shape index (κ3) is 2.11. The van der Waals surface area contributed by atoms with E-state index in [0.29, 0.717) is 13.2 Å². The summed E-state index contributed by atoms with van der Waals surface area (Å²) in [6.07, 6.45) is 4.28. The zero-order valence-electron chi connectivity index (χ0n) is 13.9. The molecule has 1 spiro atoms. The quantitative estimate of drug-likeness (QED) is 0.629. The predicted octanol–water partition coefficient (Wildman–Crippen LogP) is 2.23. The predicted molar refractivity (Wildman–Crippen MR) is 88.5 cm³/mol. The van der Waals surface area contributed by atoms with Gasteiger partial charge in [0.05, 0.1) is 25.2 Å². The van der Waals surface area contributed by atoms with Crippen LogP contribution in [0.1, 0.15) is 18.9 Å². The topological polar surface area (TPSA) is 55.8 Å². The molecule has 0 aromatic heterocycles. The Morgan fingerprint density at radius 2 is 2.12 bits per heavy atom. The van der Waals surface area contributed by atoms with Crippen molar-refractivity contribution in [1.29, 1.82) is 0 Å². The summed E-state index contributed by atoms with van der Waals surface area (Å²) in [5, 5.41) is 0. The summed E-state index contributed by atoms with van der Waals surface area (Å²) in [6.45, 7) is 4.79. The average molecular weight is 327 g/mol. The molecular weight excluding hydrogens is 306 g/mol. The summed E-state index contributed by atoms with van der Waals surface area (Å²) in [4.78, 5) is 27.2. The Labute approximate surface area is 141 Å². The molecule has 3 heterocycles. The highest BCUT2D eigenvalue weighted by Crippen LogP contribution is 2.52. The SMILES string of the molecule is CCCOC(=O)C1[C@H]2C(=O)N(c3ccc(C)cc3)C[C@]23C=C[C@H]1O3. The van der Waals surface area contributed by atoms with Gasteiger partial charge in [-0.15, -0.1) is 0 Å². The fourth-order valence-corrected chi connectivity index (χ4v) is 4.01. The molecule has 0 N–H and O–H groups in total. The molecule has 2 fully saturated rings. The lowest BCUT2D eigenvalue weighted by molar-refractivity contribution is -0.152. The van der Waals surface area contributed by atoms with Crippen molar-refractivity contribution in [2.45, 2.75) is 32.0 Å². The number of esters is 1. The summed E-state index contributed by atoms with van der Waals surface area (Å²) >= 11 is 0. The number of fused-ring (bicyclic) bond motifs is 1. The van der Waals surface area contributed by atoms with Crippen LogP contribution in [0.5, 0.6) is 0 Å². The van der Waals surface area contributed by atoms with E-state index in [1.54, 1.807) is 4.90 Å². The molecule has 126 valence electrons. The van der Waals surface area contributed by atoms with Crippen molar-refractivity contribution >= 4 is 17.6 Å². The smallest absolute Gasteiger partial charge is 0.312 e. The van der Waals surface area contributed by atoms with Gasteiger partial charge in [-0.05, 0) is 25.5 Å². The number of benzene rings is 1.